The second kappa shape index (κ2) is 8.00. The fraction of sp³-hybridized carbons (Fsp3) is 0.136. The van der Waals surface area contributed by atoms with Crippen LogP contribution in [0.4, 0.5) is 0 Å². The van der Waals surface area contributed by atoms with Crippen molar-refractivity contribution in [3.63, 3.8) is 0 Å². The van der Waals surface area contributed by atoms with Gasteiger partial charge in [-0.25, -0.2) is 0 Å². The maximum absolute atomic E-state index is 13.2. The van der Waals surface area contributed by atoms with Gasteiger partial charge in [-0.15, -0.1) is 0 Å². The van der Waals surface area contributed by atoms with Crippen molar-refractivity contribution in [1.82, 2.24) is 0 Å². The van der Waals surface area contributed by atoms with Crippen molar-refractivity contribution >= 4 is 17.4 Å². The van der Waals surface area contributed by atoms with Crippen LogP contribution in [0.25, 0.3) is 0 Å². The Morgan fingerprint density at radius 2 is 1.56 bits per heavy atom. The molecule has 0 aliphatic heterocycles. The molecule has 0 amide bonds. The topological polar surface area (TPSA) is 26.3 Å². The van der Waals surface area contributed by atoms with Gasteiger partial charge in [-0.05, 0) is 53.9 Å². The largest absolute Gasteiger partial charge is 0.497 e. The number of rotatable bonds is 6. The van der Waals surface area contributed by atoms with E-state index in [0.717, 1.165) is 16.9 Å². The van der Waals surface area contributed by atoms with Crippen molar-refractivity contribution in [2.24, 2.45) is 0 Å². The number of ketones is 1. The van der Waals surface area contributed by atoms with Crippen molar-refractivity contribution in [2.75, 3.05) is 7.11 Å². The van der Waals surface area contributed by atoms with Crippen molar-refractivity contribution in [2.45, 2.75) is 12.3 Å². The van der Waals surface area contributed by atoms with Gasteiger partial charge in [0.05, 0.1) is 13.0 Å². The molecule has 2 nitrogen and oxygen atoms in total. The lowest BCUT2D eigenvalue weighted by molar-refractivity contribution is 0.0959. The number of benzene rings is 3. The van der Waals surface area contributed by atoms with Gasteiger partial charge >= 0.3 is 0 Å². The minimum atomic E-state index is -0.256. The highest BCUT2D eigenvalue weighted by atomic mass is 35.5. The molecule has 126 valence electrons. The number of halogens is 1. The quantitative estimate of drug-likeness (QED) is 0.544. The normalized spacial score (nSPS) is 11.8. The van der Waals surface area contributed by atoms with Crippen LogP contribution in [0, 0.1) is 0 Å². The SMILES string of the molecule is COc1ccc(C(=O)[C@H](Cc2ccccc2)c2ccc(Cl)cc2)cc1. The summed E-state index contributed by atoms with van der Waals surface area (Å²) in [5.41, 5.74) is 2.77. The maximum Gasteiger partial charge on any atom is 0.170 e. The third-order valence-corrected chi connectivity index (χ3v) is 4.50. The molecule has 3 heteroatoms. The zero-order valence-electron chi connectivity index (χ0n) is 14.0. The lowest BCUT2D eigenvalue weighted by atomic mass is 9.85. The van der Waals surface area contributed by atoms with E-state index in [9.17, 15) is 4.79 Å². The number of methoxy groups -OCH3 is 1. The predicted molar refractivity (Wildman–Crippen MR) is 102 cm³/mol. The number of carbonyl (C=O) groups excluding carboxylic acids is 1. The number of Topliss-reactive ketones (excluding diaryl/α,β-unsaturated/α-hetero) is 1. The molecule has 25 heavy (non-hydrogen) atoms. The summed E-state index contributed by atoms with van der Waals surface area (Å²) in [5, 5.41) is 0.666. The number of hydrogen-bond acceptors (Lipinski definition) is 2. The number of carbonyl (C=O) groups is 1. The van der Waals surface area contributed by atoms with Gasteiger partial charge in [-0.3, -0.25) is 4.79 Å². The molecule has 0 unspecified atom stereocenters. The first kappa shape index (κ1) is 17.2. The minimum Gasteiger partial charge on any atom is -0.497 e. The van der Waals surface area contributed by atoms with Crippen molar-refractivity contribution in [3.8, 4) is 5.75 Å². The van der Waals surface area contributed by atoms with E-state index in [1.165, 1.54) is 0 Å². The molecule has 1 atom stereocenters. The predicted octanol–water partition coefficient (Wildman–Crippen LogP) is 5.56. The van der Waals surface area contributed by atoms with Gasteiger partial charge in [0.1, 0.15) is 5.75 Å². The van der Waals surface area contributed by atoms with Gasteiger partial charge in [0.25, 0.3) is 0 Å². The summed E-state index contributed by atoms with van der Waals surface area (Å²) < 4.78 is 5.18. The molecule has 0 N–H and O–H groups in total. The van der Waals surface area contributed by atoms with Gasteiger partial charge in [-0.1, -0.05) is 54.1 Å². The second-order valence-electron chi connectivity index (χ2n) is 5.89. The Morgan fingerprint density at radius 3 is 2.16 bits per heavy atom. The van der Waals surface area contributed by atoms with Crippen LogP contribution >= 0.6 is 11.6 Å². The molecule has 0 saturated heterocycles. The van der Waals surface area contributed by atoms with Gasteiger partial charge in [0, 0.05) is 10.6 Å². The van der Waals surface area contributed by atoms with Gasteiger partial charge < -0.3 is 4.74 Å². The van der Waals surface area contributed by atoms with Gasteiger partial charge in [0.2, 0.25) is 0 Å². The molecule has 0 bridgehead atoms. The first-order chi connectivity index (χ1) is 12.2. The highest BCUT2D eigenvalue weighted by molar-refractivity contribution is 6.30. The number of ether oxygens (including phenoxy) is 1. The summed E-state index contributed by atoms with van der Waals surface area (Å²) in [7, 11) is 1.61. The average Bonchev–Trinajstić information content (AvgIpc) is 2.67. The van der Waals surface area contributed by atoms with E-state index in [1.807, 2.05) is 78.9 Å². The highest BCUT2D eigenvalue weighted by Crippen LogP contribution is 2.27. The molecular formula is C22H19ClO2. The molecule has 0 aliphatic carbocycles. The third kappa shape index (κ3) is 4.28. The van der Waals surface area contributed by atoms with Crippen molar-refractivity contribution in [3.05, 3.63) is 101 Å². The lowest BCUT2D eigenvalue weighted by Gasteiger charge is -2.17. The van der Waals surface area contributed by atoms with Crippen LogP contribution in [0.2, 0.25) is 5.02 Å². The zero-order chi connectivity index (χ0) is 17.6. The Morgan fingerprint density at radius 1 is 0.920 bits per heavy atom. The molecule has 0 saturated carbocycles. The van der Waals surface area contributed by atoms with Crippen LogP contribution in [-0.4, -0.2) is 12.9 Å². The lowest BCUT2D eigenvalue weighted by Crippen LogP contribution is -2.15. The Hall–Kier alpha value is -2.58. The molecule has 0 fully saturated rings. The Bertz CT molecular complexity index is 824. The van der Waals surface area contributed by atoms with E-state index in [0.29, 0.717) is 17.0 Å². The van der Waals surface area contributed by atoms with Crippen molar-refractivity contribution < 1.29 is 9.53 Å². The molecule has 0 aliphatic rings. The molecule has 0 aromatic heterocycles. The van der Waals surface area contributed by atoms with Crippen LogP contribution in [0.15, 0.2) is 78.9 Å². The zero-order valence-corrected chi connectivity index (χ0v) is 14.7. The van der Waals surface area contributed by atoms with E-state index in [4.69, 9.17) is 16.3 Å². The van der Waals surface area contributed by atoms with E-state index >= 15 is 0 Å². The molecule has 3 aromatic carbocycles. The van der Waals surface area contributed by atoms with Crippen LogP contribution in [0.1, 0.15) is 27.4 Å². The summed E-state index contributed by atoms with van der Waals surface area (Å²) in [6.45, 7) is 0. The Labute approximate surface area is 153 Å². The third-order valence-electron chi connectivity index (χ3n) is 4.25. The van der Waals surface area contributed by atoms with Crippen LogP contribution in [-0.2, 0) is 6.42 Å². The summed E-state index contributed by atoms with van der Waals surface area (Å²) in [6.07, 6.45) is 0.646. The summed E-state index contributed by atoms with van der Waals surface area (Å²) in [4.78, 5) is 13.2. The fourth-order valence-corrected chi connectivity index (χ4v) is 2.99. The molecule has 0 heterocycles. The number of hydrogen-bond donors (Lipinski definition) is 0. The highest BCUT2D eigenvalue weighted by Gasteiger charge is 2.22. The van der Waals surface area contributed by atoms with Gasteiger partial charge in [-0.2, -0.15) is 0 Å². The Balaban J connectivity index is 1.94. The first-order valence-corrected chi connectivity index (χ1v) is 8.53. The standard InChI is InChI=1S/C22H19ClO2/c1-25-20-13-9-18(10-14-20)22(24)21(15-16-5-3-2-4-6-16)17-7-11-19(23)12-8-17/h2-14,21H,15H2,1H3/t21-/m1/s1. The summed E-state index contributed by atoms with van der Waals surface area (Å²) in [6, 6.07) is 24.8. The molecule has 0 spiro atoms. The molecular weight excluding hydrogens is 332 g/mol. The van der Waals surface area contributed by atoms with E-state index in [1.54, 1.807) is 7.11 Å². The van der Waals surface area contributed by atoms with E-state index in [2.05, 4.69) is 0 Å². The maximum atomic E-state index is 13.2. The van der Waals surface area contributed by atoms with E-state index in [-0.39, 0.29) is 11.7 Å². The van der Waals surface area contributed by atoms with Crippen molar-refractivity contribution in [1.29, 1.82) is 0 Å². The van der Waals surface area contributed by atoms with Crippen LogP contribution in [0.5, 0.6) is 5.75 Å². The Kier molecular flexibility index (Phi) is 5.52. The second-order valence-corrected chi connectivity index (χ2v) is 6.32. The first-order valence-electron chi connectivity index (χ1n) is 8.15. The summed E-state index contributed by atoms with van der Waals surface area (Å²) >= 11 is 6.01. The smallest absolute Gasteiger partial charge is 0.170 e. The minimum absolute atomic E-state index is 0.0915. The molecule has 0 radical (unpaired) electrons. The summed E-state index contributed by atoms with van der Waals surface area (Å²) in [5.74, 6) is 0.574. The molecule has 3 rings (SSSR count). The fourth-order valence-electron chi connectivity index (χ4n) is 2.86. The van der Waals surface area contributed by atoms with E-state index < -0.39 is 0 Å². The average molecular weight is 351 g/mol. The monoisotopic (exact) mass is 350 g/mol. The van der Waals surface area contributed by atoms with Crippen LogP contribution in [0.3, 0.4) is 0 Å². The van der Waals surface area contributed by atoms with Gasteiger partial charge in [0.15, 0.2) is 5.78 Å². The molecule has 3 aromatic rings. The van der Waals surface area contributed by atoms with Crippen LogP contribution < -0.4 is 4.74 Å².